The summed E-state index contributed by atoms with van der Waals surface area (Å²) in [5, 5.41) is 8.61. The van der Waals surface area contributed by atoms with E-state index in [4.69, 9.17) is 11.0 Å². The Morgan fingerprint density at radius 3 is 2.91 bits per heavy atom. The number of nitrogen functional groups attached to an aromatic ring is 1. The van der Waals surface area contributed by atoms with Crippen molar-refractivity contribution in [2.45, 2.75) is 0 Å². The molecule has 0 saturated heterocycles. The molecule has 1 rings (SSSR count). The number of pyridine rings is 1. The topological polar surface area (TPSA) is 62.7 Å². The van der Waals surface area contributed by atoms with Gasteiger partial charge in [0.25, 0.3) is 0 Å². The average Bonchev–Trinajstić information content (AvgIpc) is 2.04. The van der Waals surface area contributed by atoms with Gasteiger partial charge < -0.3 is 5.73 Å². The summed E-state index contributed by atoms with van der Waals surface area (Å²) in [5.74, 6) is 0.255. The molecular weight excluding hydrogens is 138 g/mol. The zero-order chi connectivity index (χ0) is 8.27. The smallest absolute Gasteiger partial charge is 0.141 e. The molecular formula is C8H7N3. The van der Waals surface area contributed by atoms with Crippen LogP contribution >= 0.6 is 0 Å². The summed E-state index contributed by atoms with van der Waals surface area (Å²) < 4.78 is 0. The van der Waals surface area contributed by atoms with E-state index in [9.17, 15) is 0 Å². The molecule has 0 aliphatic carbocycles. The van der Waals surface area contributed by atoms with Crippen molar-refractivity contribution in [3.8, 4) is 6.07 Å². The Morgan fingerprint density at radius 2 is 2.45 bits per heavy atom. The van der Waals surface area contributed by atoms with Crippen molar-refractivity contribution < 1.29 is 0 Å². The molecule has 0 fully saturated rings. The Morgan fingerprint density at radius 1 is 1.73 bits per heavy atom. The fourth-order valence-electron chi connectivity index (χ4n) is 0.786. The maximum absolute atomic E-state index is 8.61. The molecule has 0 aromatic carbocycles. The van der Waals surface area contributed by atoms with Gasteiger partial charge in [-0.3, -0.25) is 0 Å². The number of hydrogen-bond donors (Lipinski definition) is 1. The highest BCUT2D eigenvalue weighted by atomic mass is 14.8. The van der Waals surface area contributed by atoms with Crippen LogP contribution in [-0.4, -0.2) is 4.98 Å². The van der Waals surface area contributed by atoms with Gasteiger partial charge in [0.05, 0.1) is 0 Å². The van der Waals surface area contributed by atoms with Gasteiger partial charge in [0.1, 0.15) is 17.5 Å². The van der Waals surface area contributed by atoms with Crippen molar-refractivity contribution in [1.82, 2.24) is 4.98 Å². The summed E-state index contributed by atoms with van der Waals surface area (Å²) in [6.07, 6.45) is 3.13. The van der Waals surface area contributed by atoms with E-state index in [1.54, 1.807) is 18.3 Å². The predicted octanol–water partition coefficient (Wildman–Crippen LogP) is 1.18. The van der Waals surface area contributed by atoms with Gasteiger partial charge in [0.2, 0.25) is 0 Å². The van der Waals surface area contributed by atoms with E-state index < -0.39 is 0 Å². The number of hydrogen-bond acceptors (Lipinski definition) is 3. The van der Waals surface area contributed by atoms with Crippen LogP contribution in [0.15, 0.2) is 18.8 Å². The summed E-state index contributed by atoms with van der Waals surface area (Å²) in [4.78, 5) is 3.77. The summed E-state index contributed by atoms with van der Waals surface area (Å²) in [5.41, 5.74) is 6.54. The van der Waals surface area contributed by atoms with Crippen LogP contribution in [0.25, 0.3) is 6.08 Å². The molecule has 0 aliphatic rings. The molecule has 11 heavy (non-hydrogen) atoms. The zero-order valence-electron chi connectivity index (χ0n) is 5.91. The van der Waals surface area contributed by atoms with Crippen LogP contribution in [0.3, 0.4) is 0 Å². The molecule has 0 bridgehead atoms. The van der Waals surface area contributed by atoms with E-state index in [-0.39, 0.29) is 5.82 Å². The van der Waals surface area contributed by atoms with Crippen molar-refractivity contribution in [3.63, 3.8) is 0 Å². The highest BCUT2D eigenvalue weighted by Gasteiger charge is 2.01. The SMILES string of the molecule is C=Cc1ccnc(N)c1C#N. The van der Waals surface area contributed by atoms with Gasteiger partial charge in [-0.1, -0.05) is 12.7 Å². The van der Waals surface area contributed by atoms with E-state index >= 15 is 0 Å². The Kier molecular flexibility index (Phi) is 1.88. The molecule has 54 valence electrons. The van der Waals surface area contributed by atoms with Crippen LogP contribution in [0, 0.1) is 11.3 Å². The first-order valence-electron chi connectivity index (χ1n) is 3.06. The summed E-state index contributed by atoms with van der Waals surface area (Å²) in [7, 11) is 0. The van der Waals surface area contributed by atoms with E-state index in [1.807, 2.05) is 6.07 Å². The first kappa shape index (κ1) is 7.29. The second-order valence-electron chi connectivity index (χ2n) is 1.98. The quantitative estimate of drug-likeness (QED) is 0.645. The van der Waals surface area contributed by atoms with Gasteiger partial charge in [0.15, 0.2) is 0 Å². The largest absolute Gasteiger partial charge is 0.383 e. The summed E-state index contributed by atoms with van der Waals surface area (Å²) >= 11 is 0. The standard InChI is InChI=1S/C8H7N3/c1-2-6-3-4-11-8(10)7(6)5-9/h2-4H,1H2,(H2,10,11). The van der Waals surface area contributed by atoms with Crippen LogP contribution in [0.2, 0.25) is 0 Å². The van der Waals surface area contributed by atoms with Crippen molar-refractivity contribution >= 4 is 11.9 Å². The molecule has 1 aromatic heterocycles. The fraction of sp³-hybridized carbons (Fsp3) is 0. The van der Waals surface area contributed by atoms with Crippen LogP contribution < -0.4 is 5.73 Å². The minimum atomic E-state index is 0.255. The van der Waals surface area contributed by atoms with E-state index in [0.717, 1.165) is 5.56 Å². The maximum atomic E-state index is 8.61. The van der Waals surface area contributed by atoms with E-state index in [1.165, 1.54) is 0 Å². The van der Waals surface area contributed by atoms with E-state index in [0.29, 0.717) is 5.56 Å². The monoisotopic (exact) mass is 145 g/mol. The molecule has 0 unspecified atom stereocenters. The Bertz CT molecular complexity index is 323. The third-order valence-electron chi connectivity index (χ3n) is 1.34. The first-order chi connectivity index (χ1) is 5.29. The first-order valence-corrected chi connectivity index (χ1v) is 3.06. The van der Waals surface area contributed by atoms with Crippen LogP contribution in [-0.2, 0) is 0 Å². The number of anilines is 1. The lowest BCUT2D eigenvalue weighted by atomic mass is 10.1. The second kappa shape index (κ2) is 2.84. The van der Waals surface area contributed by atoms with Gasteiger partial charge in [-0.25, -0.2) is 4.98 Å². The number of nitrogens with zero attached hydrogens (tertiary/aromatic N) is 2. The molecule has 2 N–H and O–H groups in total. The molecule has 0 aliphatic heterocycles. The molecule has 3 heteroatoms. The van der Waals surface area contributed by atoms with E-state index in [2.05, 4.69) is 11.6 Å². The molecule has 1 aromatic rings. The van der Waals surface area contributed by atoms with Crippen molar-refractivity contribution in [3.05, 3.63) is 30.0 Å². The molecule has 0 spiro atoms. The third kappa shape index (κ3) is 1.19. The fourth-order valence-corrected chi connectivity index (χ4v) is 0.786. The molecule has 3 nitrogen and oxygen atoms in total. The molecule has 0 saturated carbocycles. The predicted molar refractivity (Wildman–Crippen MR) is 43.5 cm³/mol. The zero-order valence-corrected chi connectivity index (χ0v) is 5.91. The second-order valence-corrected chi connectivity index (χ2v) is 1.98. The van der Waals surface area contributed by atoms with Crippen molar-refractivity contribution in [2.24, 2.45) is 0 Å². The summed E-state index contributed by atoms with van der Waals surface area (Å²) in [6, 6.07) is 3.65. The highest BCUT2D eigenvalue weighted by Crippen LogP contribution is 2.13. The number of rotatable bonds is 1. The number of nitriles is 1. The van der Waals surface area contributed by atoms with Crippen molar-refractivity contribution in [1.29, 1.82) is 5.26 Å². The molecule has 0 amide bonds. The third-order valence-corrected chi connectivity index (χ3v) is 1.34. The van der Waals surface area contributed by atoms with Gasteiger partial charge in [-0.05, 0) is 11.6 Å². The molecule has 1 heterocycles. The normalized spacial score (nSPS) is 8.64. The lowest BCUT2D eigenvalue weighted by Crippen LogP contribution is -1.95. The van der Waals surface area contributed by atoms with Gasteiger partial charge in [-0.15, -0.1) is 0 Å². The maximum Gasteiger partial charge on any atom is 0.141 e. The van der Waals surface area contributed by atoms with Crippen molar-refractivity contribution in [2.75, 3.05) is 5.73 Å². The van der Waals surface area contributed by atoms with Gasteiger partial charge in [-0.2, -0.15) is 5.26 Å². The Balaban J connectivity index is 3.38. The Hall–Kier alpha value is -1.82. The minimum Gasteiger partial charge on any atom is -0.383 e. The van der Waals surface area contributed by atoms with Crippen LogP contribution in [0.5, 0.6) is 0 Å². The summed E-state index contributed by atoms with van der Waals surface area (Å²) in [6.45, 7) is 3.55. The van der Waals surface area contributed by atoms with Gasteiger partial charge in [0, 0.05) is 6.20 Å². The number of nitrogens with two attached hydrogens (primary N) is 1. The average molecular weight is 145 g/mol. The highest BCUT2D eigenvalue weighted by molar-refractivity contribution is 5.63. The molecule has 0 atom stereocenters. The lowest BCUT2D eigenvalue weighted by Gasteiger charge is -1.98. The molecule has 0 radical (unpaired) electrons. The Labute approximate surface area is 64.8 Å². The lowest BCUT2D eigenvalue weighted by molar-refractivity contribution is 1.30. The number of aromatic nitrogens is 1. The van der Waals surface area contributed by atoms with Crippen LogP contribution in [0.1, 0.15) is 11.1 Å². The van der Waals surface area contributed by atoms with Crippen LogP contribution in [0.4, 0.5) is 5.82 Å². The minimum absolute atomic E-state index is 0.255. The van der Waals surface area contributed by atoms with Gasteiger partial charge >= 0.3 is 0 Å².